The van der Waals surface area contributed by atoms with Crippen molar-refractivity contribution < 1.29 is 9.59 Å². The van der Waals surface area contributed by atoms with Gasteiger partial charge in [-0.05, 0) is 55.7 Å². The molecule has 0 atom stereocenters. The van der Waals surface area contributed by atoms with Gasteiger partial charge < -0.3 is 10.6 Å². The van der Waals surface area contributed by atoms with Crippen LogP contribution in [0, 0.1) is 5.41 Å². The van der Waals surface area contributed by atoms with Crippen molar-refractivity contribution in [1.29, 1.82) is 0 Å². The summed E-state index contributed by atoms with van der Waals surface area (Å²) < 4.78 is 0. The van der Waals surface area contributed by atoms with Gasteiger partial charge in [-0.15, -0.1) is 0 Å². The van der Waals surface area contributed by atoms with Crippen molar-refractivity contribution in [3.8, 4) is 0 Å². The number of carbonyl (C=O) groups excluding carboxylic acids is 2. The molecule has 5 heteroatoms. The first-order chi connectivity index (χ1) is 11.7. The van der Waals surface area contributed by atoms with Crippen molar-refractivity contribution in [3.63, 3.8) is 0 Å². The van der Waals surface area contributed by atoms with Gasteiger partial charge in [0.25, 0.3) is 0 Å². The molecule has 0 aliphatic carbocycles. The minimum Gasteiger partial charge on any atom is -0.325 e. The maximum absolute atomic E-state index is 12.6. The van der Waals surface area contributed by atoms with Crippen LogP contribution in [0.15, 0.2) is 48.5 Å². The number of hydrogen-bond donors (Lipinski definition) is 2. The average molecular weight is 359 g/mol. The van der Waals surface area contributed by atoms with Crippen LogP contribution in [0.4, 0.5) is 11.4 Å². The van der Waals surface area contributed by atoms with E-state index in [1.54, 1.807) is 38.1 Å². The second-order valence-electron chi connectivity index (χ2n) is 6.82. The van der Waals surface area contributed by atoms with Crippen LogP contribution in [-0.4, -0.2) is 11.8 Å². The topological polar surface area (TPSA) is 58.2 Å². The zero-order valence-electron chi connectivity index (χ0n) is 14.9. The molecule has 0 aliphatic heterocycles. The van der Waals surface area contributed by atoms with Crippen LogP contribution in [0.1, 0.15) is 39.2 Å². The molecule has 0 aliphatic rings. The van der Waals surface area contributed by atoms with E-state index < -0.39 is 11.3 Å². The lowest BCUT2D eigenvalue weighted by Crippen LogP contribution is -2.41. The minimum atomic E-state index is -1.24. The number of halogens is 1. The zero-order chi connectivity index (χ0) is 18.6. The highest BCUT2D eigenvalue weighted by Gasteiger charge is 2.36. The van der Waals surface area contributed by atoms with Gasteiger partial charge in [-0.25, -0.2) is 0 Å². The quantitative estimate of drug-likeness (QED) is 0.733. The Balaban J connectivity index is 2.06. The van der Waals surface area contributed by atoms with Crippen molar-refractivity contribution >= 4 is 34.8 Å². The predicted octanol–water partition coefficient (Wildman–Crippen LogP) is 5.07. The summed E-state index contributed by atoms with van der Waals surface area (Å²) in [5.74, 6) is -0.347. The third-order valence-electron chi connectivity index (χ3n) is 4.05. The normalized spacial score (nSPS) is 11.3. The van der Waals surface area contributed by atoms with Crippen LogP contribution in [0.3, 0.4) is 0 Å². The number of anilines is 2. The van der Waals surface area contributed by atoms with Crippen molar-refractivity contribution in [1.82, 2.24) is 0 Å². The van der Waals surface area contributed by atoms with Crippen LogP contribution < -0.4 is 10.6 Å². The van der Waals surface area contributed by atoms with Crippen LogP contribution in [0.2, 0.25) is 5.02 Å². The molecule has 0 unspecified atom stereocenters. The molecule has 0 radical (unpaired) electrons. The lowest BCUT2D eigenvalue weighted by molar-refractivity contribution is -0.135. The van der Waals surface area contributed by atoms with E-state index in [0.29, 0.717) is 22.3 Å². The number of carbonyl (C=O) groups is 2. The van der Waals surface area contributed by atoms with Crippen LogP contribution in [0.25, 0.3) is 0 Å². The third-order valence-corrected chi connectivity index (χ3v) is 4.29. The molecule has 132 valence electrons. The summed E-state index contributed by atoms with van der Waals surface area (Å²) in [7, 11) is 0. The summed E-state index contributed by atoms with van der Waals surface area (Å²) in [5.41, 5.74) is 1.17. The van der Waals surface area contributed by atoms with Crippen molar-refractivity contribution in [3.05, 3.63) is 59.1 Å². The van der Waals surface area contributed by atoms with Gasteiger partial charge in [0.1, 0.15) is 5.41 Å². The van der Waals surface area contributed by atoms with Crippen LogP contribution in [0.5, 0.6) is 0 Å². The summed E-state index contributed by atoms with van der Waals surface area (Å²) in [5, 5.41) is 6.05. The number of benzene rings is 2. The Labute approximate surface area is 153 Å². The number of hydrogen-bond acceptors (Lipinski definition) is 2. The number of amides is 2. The Morgan fingerprint density at radius 1 is 0.920 bits per heavy atom. The van der Waals surface area contributed by atoms with E-state index >= 15 is 0 Å². The minimum absolute atomic E-state index is 0.371. The van der Waals surface area contributed by atoms with Gasteiger partial charge in [-0.1, -0.05) is 43.6 Å². The molecule has 0 saturated carbocycles. The van der Waals surface area contributed by atoms with Crippen LogP contribution >= 0.6 is 11.6 Å². The van der Waals surface area contributed by atoms with E-state index in [4.69, 9.17) is 11.6 Å². The Morgan fingerprint density at radius 2 is 1.48 bits per heavy atom. The molecule has 0 fully saturated rings. The van der Waals surface area contributed by atoms with Gasteiger partial charge in [0.05, 0.1) is 0 Å². The molecular weight excluding hydrogens is 336 g/mol. The van der Waals surface area contributed by atoms with Crippen LogP contribution in [-0.2, 0) is 9.59 Å². The highest BCUT2D eigenvalue weighted by atomic mass is 35.5. The molecular formula is C20H23ClN2O2. The Morgan fingerprint density at radius 3 is 2.00 bits per heavy atom. The molecule has 2 aromatic carbocycles. The average Bonchev–Trinajstić information content (AvgIpc) is 2.55. The van der Waals surface area contributed by atoms with E-state index in [0.717, 1.165) is 0 Å². The van der Waals surface area contributed by atoms with E-state index in [-0.39, 0.29) is 5.91 Å². The first-order valence-corrected chi connectivity index (χ1v) is 8.56. The molecule has 0 aromatic heterocycles. The smallest absolute Gasteiger partial charge is 0.239 e. The first-order valence-electron chi connectivity index (χ1n) is 8.18. The third kappa shape index (κ3) is 4.83. The summed E-state index contributed by atoms with van der Waals surface area (Å²) in [6.07, 6.45) is 0. The number of nitrogens with one attached hydrogen (secondary N) is 2. The van der Waals surface area contributed by atoms with Crippen molar-refractivity contribution in [2.45, 2.75) is 33.6 Å². The van der Waals surface area contributed by atoms with E-state index in [9.17, 15) is 9.59 Å². The Hall–Kier alpha value is -2.33. The molecule has 25 heavy (non-hydrogen) atoms. The summed E-state index contributed by atoms with van der Waals surface area (Å²) in [4.78, 5) is 25.1. The maximum Gasteiger partial charge on any atom is 0.239 e. The van der Waals surface area contributed by atoms with Crippen molar-refractivity contribution in [2.24, 2.45) is 5.41 Å². The predicted molar refractivity (Wildman–Crippen MR) is 103 cm³/mol. The van der Waals surface area contributed by atoms with Gasteiger partial charge in [-0.2, -0.15) is 0 Å². The van der Waals surface area contributed by atoms with Gasteiger partial charge in [0.2, 0.25) is 11.8 Å². The molecule has 0 heterocycles. The summed E-state index contributed by atoms with van der Waals surface area (Å²) in [6.45, 7) is 7.39. The standard InChI is InChI=1S/C20H23ClN2O2/c1-13(2)14-8-10-16(11-9-14)22-18(24)20(3,4)19(25)23-17-7-5-6-15(21)12-17/h5-13H,1-4H3,(H,22,24)(H,23,25). The van der Waals surface area contributed by atoms with Gasteiger partial charge in [0, 0.05) is 16.4 Å². The lowest BCUT2D eigenvalue weighted by atomic mass is 9.90. The molecule has 4 nitrogen and oxygen atoms in total. The largest absolute Gasteiger partial charge is 0.325 e. The summed E-state index contributed by atoms with van der Waals surface area (Å²) in [6, 6.07) is 14.5. The molecule has 2 rings (SSSR count). The van der Waals surface area contributed by atoms with E-state index in [2.05, 4.69) is 24.5 Å². The SMILES string of the molecule is CC(C)c1ccc(NC(=O)C(C)(C)C(=O)Nc2cccc(Cl)c2)cc1. The second kappa shape index (κ2) is 7.70. The maximum atomic E-state index is 12.6. The molecule has 0 spiro atoms. The summed E-state index contributed by atoms with van der Waals surface area (Å²) >= 11 is 5.92. The van der Waals surface area contributed by atoms with Crippen molar-refractivity contribution in [2.75, 3.05) is 10.6 Å². The van der Waals surface area contributed by atoms with E-state index in [1.165, 1.54) is 5.56 Å². The van der Waals surface area contributed by atoms with Gasteiger partial charge in [-0.3, -0.25) is 9.59 Å². The number of rotatable bonds is 5. The first kappa shape index (κ1) is 19.0. The fourth-order valence-corrected chi connectivity index (χ4v) is 2.39. The highest BCUT2D eigenvalue weighted by molar-refractivity contribution is 6.31. The zero-order valence-corrected chi connectivity index (χ0v) is 15.6. The molecule has 2 N–H and O–H groups in total. The molecule has 0 bridgehead atoms. The Bertz CT molecular complexity index is 768. The van der Waals surface area contributed by atoms with E-state index in [1.807, 2.05) is 24.3 Å². The molecule has 2 aromatic rings. The second-order valence-corrected chi connectivity index (χ2v) is 7.26. The molecule has 0 saturated heterocycles. The molecule has 2 amide bonds. The monoisotopic (exact) mass is 358 g/mol. The Kier molecular flexibility index (Phi) is 5.85. The van der Waals surface area contributed by atoms with Gasteiger partial charge in [0.15, 0.2) is 0 Å². The highest BCUT2D eigenvalue weighted by Crippen LogP contribution is 2.24. The lowest BCUT2D eigenvalue weighted by Gasteiger charge is -2.23. The fraction of sp³-hybridized carbons (Fsp3) is 0.300. The van der Waals surface area contributed by atoms with Gasteiger partial charge >= 0.3 is 0 Å². The fourth-order valence-electron chi connectivity index (χ4n) is 2.20.